The maximum Gasteiger partial charge on any atom is 0.296 e. The molecule has 2 heterocycles. The van der Waals surface area contributed by atoms with Crippen LogP contribution in [0, 0.1) is 6.92 Å². The van der Waals surface area contributed by atoms with Gasteiger partial charge in [-0.05, 0) is 6.92 Å². The predicted molar refractivity (Wildman–Crippen MR) is 51.1 cm³/mol. The zero-order valence-corrected chi connectivity index (χ0v) is 7.93. The number of anilines is 1. The lowest BCUT2D eigenvalue weighted by Crippen LogP contribution is -2.14. The van der Waals surface area contributed by atoms with Gasteiger partial charge in [-0.1, -0.05) is 0 Å². The minimum atomic E-state index is -0.417. The van der Waals surface area contributed by atoms with Crippen molar-refractivity contribution in [3.05, 3.63) is 30.2 Å². The van der Waals surface area contributed by atoms with Gasteiger partial charge in [0, 0.05) is 12.4 Å². The van der Waals surface area contributed by atoms with Crippen molar-refractivity contribution in [1.29, 1.82) is 0 Å². The highest BCUT2D eigenvalue weighted by Crippen LogP contribution is 2.00. The molecule has 0 aromatic carbocycles. The van der Waals surface area contributed by atoms with Crippen LogP contribution in [0.1, 0.15) is 16.4 Å². The molecule has 2 aromatic rings. The number of amides is 1. The Morgan fingerprint density at radius 2 is 2.33 bits per heavy atom. The molecule has 0 spiro atoms. The van der Waals surface area contributed by atoms with Gasteiger partial charge in [0.2, 0.25) is 5.82 Å². The largest absolute Gasteiger partial charge is 0.302 e. The van der Waals surface area contributed by atoms with Gasteiger partial charge in [0.05, 0.1) is 6.20 Å². The van der Waals surface area contributed by atoms with Crippen LogP contribution in [0.3, 0.4) is 0 Å². The van der Waals surface area contributed by atoms with E-state index in [-0.39, 0.29) is 5.82 Å². The van der Waals surface area contributed by atoms with Gasteiger partial charge in [0.15, 0.2) is 5.82 Å². The molecule has 76 valence electrons. The van der Waals surface area contributed by atoms with Crippen molar-refractivity contribution in [3.63, 3.8) is 0 Å². The first-order valence-corrected chi connectivity index (χ1v) is 4.22. The van der Waals surface area contributed by atoms with Crippen molar-refractivity contribution in [2.75, 3.05) is 5.32 Å². The van der Waals surface area contributed by atoms with Crippen molar-refractivity contribution < 1.29 is 4.79 Å². The maximum atomic E-state index is 11.5. The molecule has 1 amide bonds. The van der Waals surface area contributed by atoms with E-state index in [4.69, 9.17) is 0 Å². The van der Waals surface area contributed by atoms with E-state index in [1.165, 1.54) is 18.6 Å². The van der Waals surface area contributed by atoms with Crippen LogP contribution < -0.4 is 5.32 Å². The Bertz CT molecular complexity index is 465. The highest BCUT2D eigenvalue weighted by Gasteiger charge is 2.11. The number of nitrogens with one attached hydrogen (secondary N) is 2. The first-order chi connectivity index (χ1) is 7.25. The van der Waals surface area contributed by atoms with E-state index in [2.05, 4.69) is 30.5 Å². The monoisotopic (exact) mass is 204 g/mol. The summed E-state index contributed by atoms with van der Waals surface area (Å²) in [6, 6.07) is 0. The van der Waals surface area contributed by atoms with Gasteiger partial charge in [0.1, 0.15) is 5.82 Å². The van der Waals surface area contributed by atoms with Crippen molar-refractivity contribution in [3.8, 4) is 0 Å². The molecule has 15 heavy (non-hydrogen) atoms. The van der Waals surface area contributed by atoms with Crippen LogP contribution in [0.2, 0.25) is 0 Å². The summed E-state index contributed by atoms with van der Waals surface area (Å²) < 4.78 is 0. The average molecular weight is 204 g/mol. The van der Waals surface area contributed by atoms with Crippen molar-refractivity contribution in [2.45, 2.75) is 6.92 Å². The van der Waals surface area contributed by atoms with Gasteiger partial charge in [0.25, 0.3) is 5.91 Å². The summed E-state index contributed by atoms with van der Waals surface area (Å²) in [5.74, 6) is 0.613. The fraction of sp³-hybridized carbons (Fsp3) is 0.125. The highest BCUT2D eigenvalue weighted by atomic mass is 16.2. The number of aromatic amines is 1. The first-order valence-electron chi connectivity index (χ1n) is 4.22. The summed E-state index contributed by atoms with van der Waals surface area (Å²) in [5, 5.41) is 8.81. The Balaban J connectivity index is 2.11. The molecule has 0 aliphatic carbocycles. The Labute approximate surface area is 85.0 Å². The number of rotatable bonds is 2. The number of aromatic nitrogens is 5. The minimum absolute atomic E-state index is 0.0816. The SMILES string of the molecule is Cc1nc(C(=O)Nc2cnccn2)n[nH]1. The predicted octanol–water partition coefficient (Wildman–Crippen LogP) is 0.155. The van der Waals surface area contributed by atoms with Gasteiger partial charge in [-0.15, -0.1) is 5.10 Å². The van der Waals surface area contributed by atoms with Crippen molar-refractivity contribution >= 4 is 11.7 Å². The fourth-order valence-corrected chi connectivity index (χ4v) is 0.980. The van der Waals surface area contributed by atoms with Crippen LogP contribution in [-0.4, -0.2) is 31.1 Å². The molecule has 0 aliphatic rings. The van der Waals surface area contributed by atoms with Gasteiger partial charge in [-0.2, -0.15) is 0 Å². The maximum absolute atomic E-state index is 11.5. The molecule has 0 aliphatic heterocycles. The molecular weight excluding hydrogens is 196 g/mol. The molecule has 7 nitrogen and oxygen atoms in total. The van der Waals surface area contributed by atoms with E-state index in [9.17, 15) is 4.79 Å². The third kappa shape index (κ3) is 2.13. The fourth-order valence-electron chi connectivity index (χ4n) is 0.980. The molecular formula is C8H8N6O. The third-order valence-electron chi connectivity index (χ3n) is 1.61. The average Bonchev–Trinajstić information content (AvgIpc) is 2.66. The van der Waals surface area contributed by atoms with Crippen LogP contribution >= 0.6 is 0 Å². The quantitative estimate of drug-likeness (QED) is 0.726. The highest BCUT2D eigenvalue weighted by molar-refractivity contribution is 6.00. The Kier molecular flexibility index (Phi) is 2.36. The number of H-pyrrole nitrogens is 1. The molecule has 0 bridgehead atoms. The molecule has 0 radical (unpaired) electrons. The Morgan fingerprint density at radius 3 is 2.93 bits per heavy atom. The van der Waals surface area contributed by atoms with E-state index < -0.39 is 5.91 Å². The van der Waals surface area contributed by atoms with Gasteiger partial charge < -0.3 is 5.32 Å². The molecule has 2 N–H and O–H groups in total. The van der Waals surface area contributed by atoms with E-state index in [0.717, 1.165) is 0 Å². The molecule has 0 fully saturated rings. The van der Waals surface area contributed by atoms with Crippen LogP contribution in [0.15, 0.2) is 18.6 Å². The van der Waals surface area contributed by atoms with E-state index in [1.807, 2.05) is 0 Å². The Hall–Kier alpha value is -2.31. The second-order valence-corrected chi connectivity index (χ2v) is 2.79. The lowest BCUT2D eigenvalue weighted by Gasteiger charge is -1.98. The normalized spacial score (nSPS) is 9.93. The summed E-state index contributed by atoms with van der Waals surface area (Å²) in [4.78, 5) is 23.1. The smallest absolute Gasteiger partial charge is 0.296 e. The number of hydrogen-bond acceptors (Lipinski definition) is 5. The molecule has 0 saturated carbocycles. The van der Waals surface area contributed by atoms with E-state index >= 15 is 0 Å². The molecule has 7 heteroatoms. The summed E-state index contributed by atoms with van der Waals surface area (Å²) >= 11 is 0. The van der Waals surface area contributed by atoms with Crippen LogP contribution in [0.25, 0.3) is 0 Å². The lowest BCUT2D eigenvalue weighted by atomic mass is 10.5. The second-order valence-electron chi connectivity index (χ2n) is 2.79. The van der Waals surface area contributed by atoms with Gasteiger partial charge in [-0.3, -0.25) is 14.9 Å². The summed E-state index contributed by atoms with van der Waals surface area (Å²) in [5.41, 5.74) is 0. The third-order valence-corrected chi connectivity index (χ3v) is 1.61. The standard InChI is InChI=1S/C8H8N6O/c1-5-11-7(14-13-5)8(15)12-6-4-9-2-3-10-6/h2-4H,1H3,(H,10,12,15)(H,11,13,14). The second kappa shape index (κ2) is 3.82. The van der Waals surface area contributed by atoms with Crippen LogP contribution in [-0.2, 0) is 0 Å². The van der Waals surface area contributed by atoms with E-state index in [1.54, 1.807) is 6.92 Å². The Morgan fingerprint density at radius 1 is 1.47 bits per heavy atom. The zero-order chi connectivity index (χ0) is 10.7. The van der Waals surface area contributed by atoms with E-state index in [0.29, 0.717) is 11.6 Å². The van der Waals surface area contributed by atoms with Gasteiger partial charge >= 0.3 is 0 Å². The molecule has 2 rings (SSSR count). The minimum Gasteiger partial charge on any atom is -0.302 e. The molecule has 0 unspecified atom stereocenters. The van der Waals surface area contributed by atoms with Gasteiger partial charge in [-0.25, -0.2) is 9.97 Å². The number of carbonyl (C=O) groups excluding carboxylic acids is 1. The number of carbonyl (C=O) groups is 1. The van der Waals surface area contributed by atoms with Crippen molar-refractivity contribution in [2.24, 2.45) is 0 Å². The topological polar surface area (TPSA) is 96.5 Å². The van der Waals surface area contributed by atoms with Crippen LogP contribution in [0.4, 0.5) is 5.82 Å². The zero-order valence-electron chi connectivity index (χ0n) is 7.93. The lowest BCUT2D eigenvalue weighted by molar-refractivity contribution is 0.101. The molecule has 0 atom stereocenters. The van der Waals surface area contributed by atoms with Crippen LogP contribution in [0.5, 0.6) is 0 Å². The summed E-state index contributed by atoms with van der Waals surface area (Å²) in [7, 11) is 0. The number of hydrogen-bond donors (Lipinski definition) is 2. The summed E-state index contributed by atoms with van der Waals surface area (Å²) in [6.45, 7) is 1.71. The summed E-state index contributed by atoms with van der Waals surface area (Å²) in [6.07, 6.45) is 4.45. The first kappa shape index (κ1) is 9.25. The molecule has 2 aromatic heterocycles. The molecule has 0 saturated heterocycles. The van der Waals surface area contributed by atoms with Crippen molar-refractivity contribution in [1.82, 2.24) is 25.1 Å². The number of nitrogens with zero attached hydrogens (tertiary/aromatic N) is 4. The number of aryl methyl sites for hydroxylation is 1.